The molecule has 0 spiro atoms. The minimum atomic E-state index is 0.564. The predicted octanol–water partition coefficient (Wildman–Crippen LogP) is 3.00. The molecule has 0 amide bonds. The maximum Gasteiger partial charge on any atom is 0.132 e. The quantitative estimate of drug-likeness (QED) is 0.507. The highest BCUT2D eigenvalue weighted by Gasteiger charge is 2.17. The van der Waals surface area contributed by atoms with Gasteiger partial charge < -0.3 is 14.7 Å². The van der Waals surface area contributed by atoms with Crippen LogP contribution in [0.15, 0.2) is 17.3 Å². The molecule has 18 heavy (non-hydrogen) atoms. The molecule has 0 bridgehead atoms. The largest absolute Gasteiger partial charge is 0.493 e. The summed E-state index contributed by atoms with van der Waals surface area (Å²) in [6.45, 7) is 5.23. The fraction of sp³-hybridized carbons (Fsp3) is 0.500. The zero-order valence-corrected chi connectivity index (χ0v) is 10.9. The van der Waals surface area contributed by atoms with Crippen LogP contribution in [0.25, 0.3) is 0 Å². The summed E-state index contributed by atoms with van der Waals surface area (Å²) in [7, 11) is 0. The normalized spacial score (nSPS) is 14.9. The molecule has 0 radical (unpaired) electrons. The van der Waals surface area contributed by atoms with Crippen molar-refractivity contribution in [3.05, 3.63) is 23.3 Å². The van der Waals surface area contributed by atoms with Crippen LogP contribution in [0.4, 0.5) is 0 Å². The van der Waals surface area contributed by atoms with Gasteiger partial charge in [0, 0.05) is 11.6 Å². The van der Waals surface area contributed by atoms with Crippen molar-refractivity contribution in [2.24, 2.45) is 5.16 Å². The first kappa shape index (κ1) is 12.7. The topological polar surface area (TPSA) is 51.0 Å². The Balaban J connectivity index is 2.40. The lowest BCUT2D eigenvalue weighted by Crippen LogP contribution is -2.11. The van der Waals surface area contributed by atoms with Gasteiger partial charge >= 0.3 is 0 Å². The van der Waals surface area contributed by atoms with Gasteiger partial charge in [0.05, 0.1) is 18.9 Å². The molecule has 4 nitrogen and oxygen atoms in total. The molecular formula is C14H19NO3. The van der Waals surface area contributed by atoms with Crippen LogP contribution in [0.1, 0.15) is 37.8 Å². The number of fused-ring (bicyclic) bond motifs is 1. The van der Waals surface area contributed by atoms with E-state index in [1.54, 1.807) is 6.92 Å². The Labute approximate surface area is 107 Å². The molecule has 1 aromatic rings. The van der Waals surface area contributed by atoms with E-state index in [0.717, 1.165) is 48.5 Å². The summed E-state index contributed by atoms with van der Waals surface area (Å²) in [5, 5.41) is 12.2. The molecule has 1 N–H and O–H groups in total. The number of rotatable bonds is 4. The number of hydrogen-bond acceptors (Lipinski definition) is 4. The van der Waals surface area contributed by atoms with Gasteiger partial charge in [-0.1, -0.05) is 12.1 Å². The van der Waals surface area contributed by atoms with Gasteiger partial charge in [0.1, 0.15) is 11.5 Å². The zero-order chi connectivity index (χ0) is 13.0. The van der Waals surface area contributed by atoms with Gasteiger partial charge in [0.15, 0.2) is 0 Å². The van der Waals surface area contributed by atoms with E-state index < -0.39 is 0 Å². The summed E-state index contributed by atoms with van der Waals surface area (Å²) in [5.74, 6) is 1.62. The van der Waals surface area contributed by atoms with Crippen LogP contribution >= 0.6 is 0 Å². The van der Waals surface area contributed by atoms with Gasteiger partial charge in [0.2, 0.25) is 0 Å². The maximum atomic E-state index is 8.94. The van der Waals surface area contributed by atoms with E-state index in [0.29, 0.717) is 12.3 Å². The molecule has 1 aromatic carbocycles. The van der Waals surface area contributed by atoms with Crippen molar-refractivity contribution in [3.63, 3.8) is 0 Å². The highest BCUT2D eigenvalue weighted by molar-refractivity contribution is 6.01. The second-order valence-electron chi connectivity index (χ2n) is 4.44. The first-order valence-electron chi connectivity index (χ1n) is 6.37. The van der Waals surface area contributed by atoms with Crippen LogP contribution in [-0.4, -0.2) is 24.1 Å². The summed E-state index contributed by atoms with van der Waals surface area (Å²) in [5.41, 5.74) is 2.56. The maximum absolute atomic E-state index is 8.94. The summed E-state index contributed by atoms with van der Waals surface area (Å²) in [6.07, 6.45) is 2.96. The number of ether oxygens (including phenoxy) is 2. The third kappa shape index (κ3) is 2.58. The fourth-order valence-corrected chi connectivity index (χ4v) is 2.05. The Morgan fingerprint density at radius 2 is 2.33 bits per heavy atom. The van der Waals surface area contributed by atoms with E-state index in [1.165, 1.54) is 0 Å². The first-order chi connectivity index (χ1) is 8.76. The lowest BCUT2D eigenvalue weighted by molar-refractivity contribution is 0.280. The SMILES string of the molecule is CCCOc1cc2c(cc1C(C)=NO)CCCO2. The molecule has 98 valence electrons. The molecule has 0 aliphatic carbocycles. The molecule has 4 heteroatoms. The van der Waals surface area contributed by atoms with E-state index in [4.69, 9.17) is 14.7 Å². The number of aryl methyl sites for hydroxylation is 1. The van der Waals surface area contributed by atoms with Crippen LogP contribution in [0.3, 0.4) is 0 Å². The molecule has 0 saturated carbocycles. The monoisotopic (exact) mass is 249 g/mol. The molecule has 2 rings (SSSR count). The van der Waals surface area contributed by atoms with Gasteiger partial charge in [-0.05, 0) is 37.8 Å². The highest BCUT2D eigenvalue weighted by atomic mass is 16.5. The van der Waals surface area contributed by atoms with Crippen molar-refractivity contribution in [2.75, 3.05) is 13.2 Å². The molecule has 0 unspecified atom stereocenters. The Morgan fingerprint density at radius 3 is 3.06 bits per heavy atom. The summed E-state index contributed by atoms with van der Waals surface area (Å²) >= 11 is 0. The molecule has 0 aromatic heterocycles. The van der Waals surface area contributed by atoms with E-state index in [2.05, 4.69) is 12.1 Å². The number of hydrogen-bond donors (Lipinski definition) is 1. The molecular weight excluding hydrogens is 230 g/mol. The van der Waals surface area contributed by atoms with E-state index in [9.17, 15) is 0 Å². The van der Waals surface area contributed by atoms with Crippen molar-refractivity contribution in [2.45, 2.75) is 33.1 Å². The van der Waals surface area contributed by atoms with Gasteiger partial charge in [0.25, 0.3) is 0 Å². The first-order valence-corrected chi connectivity index (χ1v) is 6.37. The van der Waals surface area contributed by atoms with Gasteiger partial charge in [-0.25, -0.2) is 0 Å². The number of nitrogens with zero attached hydrogens (tertiary/aromatic N) is 1. The van der Waals surface area contributed by atoms with Crippen LogP contribution in [0.2, 0.25) is 0 Å². The van der Waals surface area contributed by atoms with E-state index in [-0.39, 0.29) is 0 Å². The van der Waals surface area contributed by atoms with Crippen LogP contribution in [-0.2, 0) is 6.42 Å². The molecule has 1 heterocycles. The van der Waals surface area contributed by atoms with E-state index in [1.807, 2.05) is 12.1 Å². The summed E-state index contributed by atoms with van der Waals surface area (Å²) in [6, 6.07) is 3.92. The number of oxime groups is 1. The van der Waals surface area contributed by atoms with Crippen LogP contribution in [0.5, 0.6) is 11.5 Å². The molecule has 0 saturated heterocycles. The van der Waals surface area contributed by atoms with Crippen LogP contribution < -0.4 is 9.47 Å². The average molecular weight is 249 g/mol. The van der Waals surface area contributed by atoms with Crippen molar-refractivity contribution in [1.29, 1.82) is 0 Å². The fourth-order valence-electron chi connectivity index (χ4n) is 2.05. The van der Waals surface area contributed by atoms with Crippen LogP contribution in [0, 0.1) is 0 Å². The third-order valence-corrected chi connectivity index (χ3v) is 3.01. The van der Waals surface area contributed by atoms with Gasteiger partial charge in [-0.3, -0.25) is 0 Å². The predicted molar refractivity (Wildman–Crippen MR) is 70.0 cm³/mol. The second-order valence-corrected chi connectivity index (χ2v) is 4.44. The summed E-state index contributed by atoms with van der Waals surface area (Å²) in [4.78, 5) is 0. The van der Waals surface area contributed by atoms with Crippen molar-refractivity contribution >= 4 is 5.71 Å². The Kier molecular flexibility index (Phi) is 4.07. The minimum absolute atomic E-state index is 0.564. The number of benzene rings is 1. The van der Waals surface area contributed by atoms with Gasteiger partial charge in [-0.15, -0.1) is 0 Å². The van der Waals surface area contributed by atoms with Crippen molar-refractivity contribution in [3.8, 4) is 11.5 Å². The van der Waals surface area contributed by atoms with E-state index >= 15 is 0 Å². The lowest BCUT2D eigenvalue weighted by atomic mass is 10.0. The Hall–Kier alpha value is -1.71. The zero-order valence-electron chi connectivity index (χ0n) is 10.9. The molecule has 0 fully saturated rings. The average Bonchev–Trinajstić information content (AvgIpc) is 2.43. The lowest BCUT2D eigenvalue weighted by Gasteiger charge is -2.20. The smallest absolute Gasteiger partial charge is 0.132 e. The molecule has 0 atom stereocenters. The highest BCUT2D eigenvalue weighted by Crippen LogP contribution is 2.33. The van der Waals surface area contributed by atoms with Crippen molar-refractivity contribution < 1.29 is 14.7 Å². The Morgan fingerprint density at radius 1 is 1.50 bits per heavy atom. The summed E-state index contributed by atoms with van der Waals surface area (Å²) < 4.78 is 11.3. The van der Waals surface area contributed by atoms with Crippen molar-refractivity contribution in [1.82, 2.24) is 0 Å². The van der Waals surface area contributed by atoms with Gasteiger partial charge in [-0.2, -0.15) is 0 Å². The molecule has 1 aliphatic rings. The standard InChI is InChI=1S/C14H19NO3/c1-3-6-17-14-9-13-11(5-4-7-18-13)8-12(14)10(2)15-16/h8-9,16H,3-7H2,1-2H3. The Bertz CT molecular complexity index is 455. The minimum Gasteiger partial charge on any atom is -0.493 e. The molecule has 1 aliphatic heterocycles. The third-order valence-electron chi connectivity index (χ3n) is 3.01. The second kappa shape index (κ2) is 5.76.